The van der Waals surface area contributed by atoms with Crippen molar-refractivity contribution < 1.29 is 24.2 Å². The Hall–Kier alpha value is -2.91. The van der Waals surface area contributed by atoms with Crippen LogP contribution in [0, 0.1) is 13.8 Å². The molecule has 2 aromatic carbocycles. The highest BCUT2D eigenvalue weighted by molar-refractivity contribution is 7.98. The van der Waals surface area contributed by atoms with Crippen molar-refractivity contribution in [3.8, 4) is 5.75 Å². The minimum Gasteiger partial charge on any atom is -0.507 e. The third kappa shape index (κ3) is 7.85. The zero-order valence-electron chi connectivity index (χ0n) is 24.0. The first-order valence-electron chi connectivity index (χ1n) is 13.5. The standard InChI is InChI=1S/C30H40ClN3O5S/c1-18-10-8-15-22(31)24(18)33-27(36)25(21-14-7-11-19(2)26(21)35)34(20-12-9-13-20)28(37)23(16-17-40-6)32-29(38)39-30(3,4)5/h7-8,10-11,14-15,20,23,25,35H,9,12-13,16-17H2,1-6H3,(H,32,38)(H,33,36). The van der Waals surface area contributed by atoms with Crippen molar-refractivity contribution >= 4 is 47.0 Å². The van der Waals surface area contributed by atoms with Gasteiger partial charge in [-0.15, -0.1) is 0 Å². The Bertz CT molecular complexity index is 1210. The van der Waals surface area contributed by atoms with Crippen LogP contribution in [0.15, 0.2) is 36.4 Å². The average molecular weight is 590 g/mol. The largest absolute Gasteiger partial charge is 0.507 e. The lowest BCUT2D eigenvalue weighted by molar-refractivity contribution is -0.145. The Labute approximate surface area is 246 Å². The van der Waals surface area contributed by atoms with Gasteiger partial charge in [0.05, 0.1) is 10.7 Å². The maximum atomic E-state index is 14.3. The molecule has 1 aliphatic rings. The summed E-state index contributed by atoms with van der Waals surface area (Å²) in [5.41, 5.74) is 1.35. The molecule has 10 heteroatoms. The molecular formula is C30H40ClN3O5S. The van der Waals surface area contributed by atoms with E-state index in [4.69, 9.17) is 16.3 Å². The summed E-state index contributed by atoms with van der Waals surface area (Å²) in [5, 5.41) is 17.2. The summed E-state index contributed by atoms with van der Waals surface area (Å²) in [6.45, 7) is 8.84. The molecule has 8 nitrogen and oxygen atoms in total. The van der Waals surface area contributed by atoms with Gasteiger partial charge in [-0.2, -0.15) is 11.8 Å². The fourth-order valence-electron chi connectivity index (χ4n) is 4.61. The lowest BCUT2D eigenvalue weighted by Gasteiger charge is -2.43. The van der Waals surface area contributed by atoms with E-state index in [1.165, 1.54) is 0 Å². The predicted octanol–water partition coefficient (Wildman–Crippen LogP) is 6.37. The molecular weight excluding hydrogens is 550 g/mol. The molecule has 2 atom stereocenters. The number of aromatic hydroxyl groups is 1. The smallest absolute Gasteiger partial charge is 0.408 e. The fraction of sp³-hybridized carbons (Fsp3) is 0.500. The first-order valence-corrected chi connectivity index (χ1v) is 15.3. The molecule has 0 radical (unpaired) electrons. The van der Waals surface area contributed by atoms with Crippen LogP contribution in [0.2, 0.25) is 5.02 Å². The van der Waals surface area contributed by atoms with Crippen LogP contribution >= 0.6 is 23.4 Å². The van der Waals surface area contributed by atoms with Gasteiger partial charge in [-0.05, 0) is 89.5 Å². The van der Waals surface area contributed by atoms with Crippen LogP contribution in [-0.2, 0) is 14.3 Å². The van der Waals surface area contributed by atoms with Gasteiger partial charge in [-0.25, -0.2) is 4.79 Å². The predicted molar refractivity (Wildman–Crippen MR) is 161 cm³/mol. The number of nitrogens with zero attached hydrogens (tertiary/aromatic N) is 1. The molecule has 218 valence electrons. The lowest BCUT2D eigenvalue weighted by Crippen LogP contribution is -2.57. The highest BCUT2D eigenvalue weighted by atomic mass is 35.5. The van der Waals surface area contributed by atoms with Gasteiger partial charge in [0.2, 0.25) is 5.91 Å². The molecule has 0 saturated heterocycles. The molecule has 0 aromatic heterocycles. The van der Waals surface area contributed by atoms with Gasteiger partial charge >= 0.3 is 6.09 Å². The zero-order chi connectivity index (χ0) is 29.6. The summed E-state index contributed by atoms with van der Waals surface area (Å²) in [4.78, 5) is 42.8. The van der Waals surface area contributed by atoms with E-state index in [9.17, 15) is 19.5 Å². The van der Waals surface area contributed by atoms with Crippen LogP contribution in [0.25, 0.3) is 0 Å². The fourth-order valence-corrected chi connectivity index (χ4v) is 5.35. The van der Waals surface area contributed by atoms with Crippen LogP contribution in [0.5, 0.6) is 5.75 Å². The van der Waals surface area contributed by atoms with Gasteiger partial charge < -0.3 is 25.4 Å². The molecule has 0 bridgehead atoms. The van der Waals surface area contributed by atoms with Gasteiger partial charge in [0, 0.05) is 11.6 Å². The number of nitrogens with one attached hydrogen (secondary N) is 2. The number of carbonyl (C=O) groups excluding carboxylic acids is 3. The molecule has 1 fully saturated rings. The number of hydrogen-bond acceptors (Lipinski definition) is 6. The van der Waals surface area contributed by atoms with E-state index in [1.54, 1.807) is 74.7 Å². The molecule has 0 heterocycles. The first kappa shape index (κ1) is 31.6. The number of thioether (sulfide) groups is 1. The Morgan fingerprint density at radius 3 is 2.35 bits per heavy atom. The minimum atomic E-state index is -1.16. The monoisotopic (exact) mass is 589 g/mol. The second-order valence-corrected chi connectivity index (χ2v) is 12.5. The Kier molecular flexibility index (Phi) is 10.8. The topological polar surface area (TPSA) is 108 Å². The number of benzene rings is 2. The maximum Gasteiger partial charge on any atom is 0.408 e. The molecule has 0 spiro atoms. The quantitative estimate of drug-likeness (QED) is 0.297. The molecule has 1 aliphatic carbocycles. The zero-order valence-corrected chi connectivity index (χ0v) is 25.6. The molecule has 3 N–H and O–H groups in total. The minimum absolute atomic E-state index is 0.0589. The van der Waals surface area contributed by atoms with E-state index in [1.807, 2.05) is 19.2 Å². The van der Waals surface area contributed by atoms with Gasteiger partial charge in [-0.3, -0.25) is 9.59 Å². The average Bonchev–Trinajstić information content (AvgIpc) is 2.83. The molecule has 0 aliphatic heterocycles. The highest BCUT2D eigenvalue weighted by Crippen LogP contribution is 2.39. The normalized spacial score (nSPS) is 15.0. The lowest BCUT2D eigenvalue weighted by atomic mass is 9.87. The number of para-hydroxylation sites is 2. The van der Waals surface area contributed by atoms with E-state index in [-0.39, 0.29) is 11.8 Å². The van der Waals surface area contributed by atoms with Crippen molar-refractivity contribution in [2.45, 2.75) is 84.0 Å². The van der Waals surface area contributed by atoms with Gasteiger partial charge in [0.25, 0.3) is 5.91 Å². The summed E-state index contributed by atoms with van der Waals surface area (Å²) in [7, 11) is 0. The Balaban J connectivity index is 2.08. The summed E-state index contributed by atoms with van der Waals surface area (Å²) in [6, 6.07) is 8.13. The summed E-state index contributed by atoms with van der Waals surface area (Å²) in [5.74, 6) is -0.355. The number of carbonyl (C=O) groups is 3. The molecule has 1 saturated carbocycles. The number of hydrogen-bond donors (Lipinski definition) is 3. The SMILES string of the molecule is CSCCC(NC(=O)OC(C)(C)C)C(=O)N(C1CCC1)C(C(=O)Nc1c(C)cccc1Cl)c1cccc(C)c1O. The van der Waals surface area contributed by atoms with E-state index in [0.717, 1.165) is 12.0 Å². The molecule has 3 amide bonds. The van der Waals surface area contributed by atoms with E-state index >= 15 is 0 Å². The van der Waals surface area contributed by atoms with Crippen molar-refractivity contribution in [1.29, 1.82) is 0 Å². The van der Waals surface area contributed by atoms with Crippen LogP contribution in [0.4, 0.5) is 10.5 Å². The van der Waals surface area contributed by atoms with Gasteiger partial charge in [0.15, 0.2) is 0 Å². The van der Waals surface area contributed by atoms with Crippen molar-refractivity contribution in [3.05, 3.63) is 58.1 Å². The third-order valence-corrected chi connectivity index (χ3v) is 7.84. The number of aryl methyl sites for hydroxylation is 2. The first-order chi connectivity index (χ1) is 18.8. The van der Waals surface area contributed by atoms with Crippen LogP contribution < -0.4 is 10.6 Å². The van der Waals surface area contributed by atoms with Crippen molar-refractivity contribution in [1.82, 2.24) is 10.2 Å². The van der Waals surface area contributed by atoms with Gasteiger partial charge in [0.1, 0.15) is 23.4 Å². The Morgan fingerprint density at radius 1 is 1.12 bits per heavy atom. The van der Waals surface area contributed by atoms with Crippen molar-refractivity contribution in [2.24, 2.45) is 0 Å². The summed E-state index contributed by atoms with van der Waals surface area (Å²) in [6.07, 6.45) is 3.88. The number of halogens is 1. The molecule has 40 heavy (non-hydrogen) atoms. The number of alkyl carbamates (subject to hydrolysis) is 1. The molecule has 3 rings (SSSR count). The number of rotatable bonds is 10. The second kappa shape index (κ2) is 13.6. The second-order valence-electron chi connectivity index (χ2n) is 11.1. The Morgan fingerprint density at radius 2 is 1.77 bits per heavy atom. The molecule has 2 unspecified atom stereocenters. The number of ether oxygens (including phenoxy) is 1. The summed E-state index contributed by atoms with van der Waals surface area (Å²) >= 11 is 7.98. The van der Waals surface area contributed by atoms with Crippen molar-refractivity contribution in [3.63, 3.8) is 0 Å². The van der Waals surface area contributed by atoms with E-state index < -0.39 is 35.6 Å². The van der Waals surface area contributed by atoms with E-state index in [0.29, 0.717) is 46.9 Å². The maximum absolute atomic E-state index is 14.3. The third-order valence-electron chi connectivity index (χ3n) is 6.88. The number of phenolic OH excluding ortho intramolecular Hbond substituents is 1. The van der Waals surface area contributed by atoms with E-state index in [2.05, 4.69) is 10.6 Å². The van der Waals surface area contributed by atoms with Crippen LogP contribution in [0.1, 0.15) is 69.2 Å². The molecule has 2 aromatic rings. The van der Waals surface area contributed by atoms with Crippen molar-refractivity contribution in [2.75, 3.05) is 17.3 Å². The van der Waals surface area contributed by atoms with Crippen LogP contribution in [0.3, 0.4) is 0 Å². The highest BCUT2D eigenvalue weighted by Gasteiger charge is 2.43. The number of amides is 3. The van der Waals surface area contributed by atoms with Crippen LogP contribution in [-0.4, -0.2) is 57.6 Å². The number of phenols is 1. The summed E-state index contributed by atoms with van der Waals surface area (Å²) < 4.78 is 5.45. The number of anilines is 1. The van der Waals surface area contributed by atoms with Gasteiger partial charge in [-0.1, -0.05) is 41.9 Å².